The predicted molar refractivity (Wildman–Crippen MR) is 201 cm³/mol. The Bertz CT molecular complexity index is 2800. The Labute approximate surface area is 349 Å². The Morgan fingerprint density at radius 1 is 0.525 bits per heavy atom. The van der Waals surface area contributed by atoms with Gasteiger partial charge >= 0.3 is 60.7 Å². The van der Waals surface area contributed by atoms with Gasteiger partial charge in [0.25, 0.3) is 5.91 Å². The van der Waals surface area contributed by atoms with Crippen LogP contribution in [0, 0.1) is 0 Å². The molecule has 2 unspecified atom stereocenters. The molecule has 14 fully saturated rings. The number of pyridine rings is 2. The second-order valence-corrected chi connectivity index (χ2v) is 21.1. The number of benzene rings is 2. The summed E-state index contributed by atoms with van der Waals surface area (Å²) in [6.07, 6.45) is 3.14. The van der Waals surface area contributed by atoms with Crippen LogP contribution in [0.15, 0.2) is 60.9 Å². The molecule has 9 bridgehead atoms. The van der Waals surface area contributed by atoms with Crippen LogP contribution < -0.4 is 9.80 Å². The van der Waals surface area contributed by atoms with Gasteiger partial charge in [-0.25, -0.2) is 77.4 Å². The monoisotopic (exact) mass is 974 g/mol. The van der Waals surface area contributed by atoms with Gasteiger partial charge in [-0.15, -0.1) is 0 Å². The van der Waals surface area contributed by atoms with Crippen LogP contribution in [0.4, 0.5) is 11.4 Å². The summed E-state index contributed by atoms with van der Waals surface area (Å²) in [5, 5.41) is 2.26. The maximum absolute atomic E-state index is 13.9. The lowest BCUT2D eigenvalue weighted by atomic mass is 9.99. The summed E-state index contributed by atoms with van der Waals surface area (Å²) in [6, 6.07) is 13.7. The summed E-state index contributed by atoms with van der Waals surface area (Å²) in [4.78, 5) is 14.9. The molecule has 4 aromatic rings. The number of halogens is 2. The van der Waals surface area contributed by atoms with E-state index in [1.807, 2.05) is 12.1 Å². The third-order valence-electron chi connectivity index (χ3n) is 11.4. The molecule has 2 aromatic carbocycles. The Morgan fingerprint density at radius 2 is 0.984 bits per heavy atom. The maximum Gasteiger partial charge on any atom is 0.487 e. The lowest BCUT2D eigenvalue weighted by Gasteiger charge is -2.69. The molecule has 2 aromatic heterocycles. The average Bonchev–Trinajstić information content (AvgIpc) is 3.84. The van der Waals surface area contributed by atoms with Crippen molar-refractivity contribution in [3.05, 3.63) is 71.0 Å². The van der Waals surface area contributed by atoms with Crippen LogP contribution in [0.3, 0.4) is 0 Å². The zero-order valence-corrected chi connectivity index (χ0v) is 35.2. The van der Waals surface area contributed by atoms with E-state index >= 15 is 0 Å². The van der Waals surface area contributed by atoms with Crippen molar-refractivity contribution in [3.63, 3.8) is 0 Å². The fraction of sp³-hybridized carbons (Fsp3) is 0.379. The molecule has 328 valence electrons. The third kappa shape index (κ3) is 4.66. The first-order valence-electron chi connectivity index (χ1n) is 17.2. The highest BCUT2D eigenvalue weighted by atomic mass is 35.5. The molecule has 8 N–H and O–H groups in total. The number of phosphoric ester groups is 4. The van der Waals surface area contributed by atoms with Crippen LogP contribution in [0.5, 0.6) is 0 Å². The summed E-state index contributed by atoms with van der Waals surface area (Å²) >= 11 is 12.5. The first kappa shape index (κ1) is 42.6. The van der Waals surface area contributed by atoms with E-state index in [1.165, 1.54) is 11.1 Å². The van der Waals surface area contributed by atoms with Crippen molar-refractivity contribution in [1.82, 2.24) is 19.8 Å². The van der Waals surface area contributed by atoms with Gasteiger partial charge in [0.2, 0.25) is 0 Å². The van der Waals surface area contributed by atoms with Crippen molar-refractivity contribution in [1.29, 1.82) is 0 Å². The lowest BCUT2D eigenvalue weighted by molar-refractivity contribution is -0.515. The molecule has 0 radical (unpaired) electrons. The summed E-state index contributed by atoms with van der Waals surface area (Å²) in [5.74, 6) is -14.7. The molecule has 0 amide bonds. The Kier molecular flexibility index (Phi) is 8.58. The minimum Gasteiger partial charge on any atom is -0.412 e. The number of piperazine rings is 2. The van der Waals surface area contributed by atoms with E-state index in [9.17, 15) is 18.3 Å². The van der Waals surface area contributed by atoms with E-state index in [4.69, 9.17) is 77.5 Å². The summed E-state index contributed by atoms with van der Waals surface area (Å²) in [5.41, 5.74) is 2.26. The summed E-state index contributed by atoms with van der Waals surface area (Å²) in [7, 11) is -17.9. The largest absolute Gasteiger partial charge is 0.487 e. The van der Waals surface area contributed by atoms with Crippen molar-refractivity contribution in [2.75, 3.05) is 42.5 Å². The summed E-state index contributed by atoms with van der Waals surface area (Å²) < 4.78 is 127. The molecule has 32 heteroatoms. The third-order valence-corrected chi connectivity index (χ3v) is 17.7. The van der Waals surface area contributed by atoms with Crippen LogP contribution in [0.1, 0.15) is 0 Å². The number of nitrogens with zero attached hydrogens (tertiary/aromatic N) is 6. The Morgan fingerprint density at radius 3 is 1.56 bits per heavy atom. The van der Waals surface area contributed by atoms with Gasteiger partial charge in [0.1, 0.15) is 0 Å². The molecule has 0 saturated carbocycles. The topological polar surface area (TPSA) is 344 Å². The summed E-state index contributed by atoms with van der Waals surface area (Å²) in [6.45, 7) is 0.475. The first-order chi connectivity index (χ1) is 27.1. The van der Waals surface area contributed by atoms with E-state index in [0.717, 1.165) is 16.0 Å². The molecule has 14 aliphatic rings. The molecule has 18 rings (SSSR count). The number of hydrogen-bond donors (Lipinski definition) is 0. The Hall–Kier alpha value is -2.36. The number of anilines is 2. The van der Waals surface area contributed by atoms with E-state index in [-0.39, 0.29) is 40.7 Å². The number of phosphoric acid groups is 4. The highest BCUT2D eigenvalue weighted by molar-refractivity contribution is 7.52. The van der Waals surface area contributed by atoms with Crippen LogP contribution in [-0.2, 0) is 72.5 Å². The number of rotatable bonds is 4. The van der Waals surface area contributed by atoms with Gasteiger partial charge in [-0.3, -0.25) is 14.9 Å². The molecule has 4 spiro atoms. The van der Waals surface area contributed by atoms with Gasteiger partial charge in [0, 0.05) is 65.1 Å². The van der Waals surface area contributed by atoms with Gasteiger partial charge < -0.3 is 26.8 Å². The zero-order valence-electron chi connectivity index (χ0n) is 30.1. The second-order valence-electron chi connectivity index (χ2n) is 14.4. The highest BCUT2D eigenvalue weighted by Gasteiger charge is 3.06. The quantitative estimate of drug-likeness (QED) is 0.265. The predicted octanol–water partition coefficient (Wildman–Crippen LogP) is 2.44. The Balaban J connectivity index is 0.00000111. The molecular formula is C29H28Cl2N6O20P4. The van der Waals surface area contributed by atoms with Gasteiger partial charge in [-0.1, -0.05) is 23.2 Å². The van der Waals surface area contributed by atoms with Crippen molar-refractivity contribution >= 4 is 87.7 Å². The molecule has 61 heavy (non-hydrogen) atoms. The second kappa shape index (κ2) is 12.3. The fourth-order valence-electron chi connectivity index (χ4n) is 9.38. The van der Waals surface area contributed by atoms with Gasteiger partial charge in [0.15, 0.2) is 0 Å². The van der Waals surface area contributed by atoms with Crippen molar-refractivity contribution in [2.24, 2.45) is 0 Å². The van der Waals surface area contributed by atoms with Crippen molar-refractivity contribution < 1.29 is 94.4 Å². The fourth-order valence-corrected chi connectivity index (χ4v) is 16.6. The smallest absolute Gasteiger partial charge is 0.412 e. The number of aromatic nitrogens is 2. The normalized spacial score (nSPS) is 45.3. The molecule has 16 heterocycles. The van der Waals surface area contributed by atoms with Crippen molar-refractivity contribution in [3.8, 4) is 0 Å². The minimum absolute atomic E-state index is 0. The zero-order chi connectivity index (χ0) is 38.4. The van der Waals surface area contributed by atoms with Crippen molar-refractivity contribution in [2.45, 2.75) is 35.3 Å². The van der Waals surface area contributed by atoms with Gasteiger partial charge in [0.05, 0.1) is 23.3 Å². The molecule has 26 nitrogen and oxygen atoms in total. The lowest BCUT2D eigenvalue weighted by Crippen LogP contribution is -2.92. The standard InChI is InChI=1S/C29H20Cl2N6O16P4.4H2O/c30-16-1-3-18-20(13-16)32-7-5-22(18)34-9-11-35(12-10-34)26-25(44-55(39,46-26)47-26)27(48-56(40,45-25)49-27)36-15-24-37(23-6-8-33-21-14-17(31)2-4-19(21)23)29(52-54(38,42-24)43-24)28(36)50-57(41,51-28)53-29;;;;/h1-8,13-14H,9-12,15H2;4*1H2. The molecule has 14 saturated heterocycles. The average molecular weight is 975 g/mol. The SMILES string of the molecule is O.O.O.O.O=P12OC3(CN(C45OP(=O)(O4)OC54OP5(=O)OC4(N4CCN(c6ccnc7cc(Cl)ccc67)CC4)O5)C45OP(=O)(OC4(O1)N3c1ccnc3cc(Cl)ccc13)O5)O2. The molecule has 2 atom stereocenters. The van der Waals surface area contributed by atoms with E-state index in [2.05, 4.69) is 14.9 Å². The minimum atomic E-state index is -4.54. The van der Waals surface area contributed by atoms with Crippen LogP contribution in [0.2, 0.25) is 10.0 Å². The number of fused-ring (bicyclic) bond motifs is 2. The van der Waals surface area contributed by atoms with E-state index in [0.29, 0.717) is 39.6 Å². The molecule has 0 aliphatic carbocycles. The first-order valence-corrected chi connectivity index (χ1v) is 23.8. The van der Waals surface area contributed by atoms with Crippen LogP contribution in [-0.4, -0.2) is 110 Å². The van der Waals surface area contributed by atoms with E-state index < -0.39 is 73.2 Å². The van der Waals surface area contributed by atoms with Crippen LogP contribution >= 0.6 is 54.5 Å². The molecular weight excluding hydrogens is 947 g/mol. The van der Waals surface area contributed by atoms with Crippen LogP contribution in [0.25, 0.3) is 21.8 Å². The number of hydrogen-bond acceptors (Lipinski definition) is 22. The highest BCUT2D eigenvalue weighted by Crippen LogP contribution is 2.95. The maximum atomic E-state index is 13.9. The van der Waals surface area contributed by atoms with Gasteiger partial charge in [-0.05, 0) is 48.5 Å². The molecule has 14 aliphatic heterocycles. The van der Waals surface area contributed by atoms with Gasteiger partial charge in [-0.2, -0.15) is 4.90 Å². The van der Waals surface area contributed by atoms with E-state index in [1.54, 1.807) is 47.5 Å².